The summed E-state index contributed by atoms with van der Waals surface area (Å²) in [5.41, 5.74) is -1.86. The number of alkyl halides is 3. The molecule has 4 rings (SSSR count). The molecule has 0 radical (unpaired) electrons. The van der Waals surface area contributed by atoms with E-state index >= 15 is 0 Å². The third-order valence-electron chi connectivity index (χ3n) is 7.15. The third kappa shape index (κ3) is 4.07. The van der Waals surface area contributed by atoms with Gasteiger partial charge < -0.3 is 10.0 Å². The highest BCUT2D eigenvalue weighted by Gasteiger charge is 2.58. The van der Waals surface area contributed by atoms with E-state index in [1.165, 1.54) is 17.0 Å². The molecule has 1 amide bonds. The average Bonchev–Trinajstić information content (AvgIpc) is 2.96. The Hall–Kier alpha value is -2.67. The average molecular weight is 460 g/mol. The maximum atomic E-state index is 13.7. The van der Waals surface area contributed by atoms with Crippen LogP contribution in [0.4, 0.5) is 18.9 Å². The van der Waals surface area contributed by atoms with Crippen LogP contribution in [0.25, 0.3) is 0 Å². The molecule has 4 nitrogen and oxygen atoms in total. The smallest absolute Gasteiger partial charge is 0.375 e. The molecule has 7 heteroatoms. The zero-order chi connectivity index (χ0) is 24.2. The number of anilines is 1. The molecule has 1 aliphatic heterocycles. The van der Waals surface area contributed by atoms with Crippen molar-refractivity contribution in [2.24, 2.45) is 17.3 Å². The molecule has 1 N–H and O–H groups in total. The lowest BCUT2D eigenvalue weighted by Gasteiger charge is -2.41. The standard InChI is InChI=1S/C26H28F3NO3/c1-24(2,3)17-11-12-22(31)20(14-17)25(33)19-9-4-5-10-21(19)30(23(25)32)15-16-7-6-8-18(13-16)26(27,28)29/h4-10,13,17,20,33H,11-12,14-15H2,1-3H3/t17-,20+,25-/m1/s1. The molecule has 1 fully saturated rings. The van der Waals surface area contributed by atoms with Crippen LogP contribution in [0, 0.1) is 17.3 Å². The van der Waals surface area contributed by atoms with Crippen LogP contribution < -0.4 is 4.90 Å². The lowest BCUT2D eigenvalue weighted by Crippen LogP contribution is -2.51. The van der Waals surface area contributed by atoms with E-state index in [0.29, 0.717) is 29.7 Å². The van der Waals surface area contributed by atoms with Crippen molar-refractivity contribution in [2.45, 2.75) is 58.4 Å². The number of halogens is 3. The van der Waals surface area contributed by atoms with Crippen molar-refractivity contribution >= 4 is 17.4 Å². The fraction of sp³-hybridized carbons (Fsp3) is 0.462. The van der Waals surface area contributed by atoms with Crippen molar-refractivity contribution in [3.63, 3.8) is 0 Å². The number of para-hydroxylation sites is 1. The summed E-state index contributed by atoms with van der Waals surface area (Å²) in [7, 11) is 0. The second kappa shape index (κ2) is 7.97. The van der Waals surface area contributed by atoms with E-state index in [2.05, 4.69) is 20.8 Å². The number of hydrogen-bond acceptors (Lipinski definition) is 3. The van der Waals surface area contributed by atoms with E-state index in [0.717, 1.165) is 12.1 Å². The number of carbonyl (C=O) groups is 2. The van der Waals surface area contributed by atoms with Gasteiger partial charge in [0.15, 0.2) is 5.60 Å². The van der Waals surface area contributed by atoms with Gasteiger partial charge in [-0.1, -0.05) is 51.1 Å². The van der Waals surface area contributed by atoms with Gasteiger partial charge >= 0.3 is 6.18 Å². The minimum Gasteiger partial charge on any atom is -0.375 e. The van der Waals surface area contributed by atoms with Gasteiger partial charge in [-0.15, -0.1) is 0 Å². The van der Waals surface area contributed by atoms with Gasteiger partial charge in [-0.25, -0.2) is 0 Å². The first-order chi connectivity index (χ1) is 15.3. The molecule has 2 aliphatic rings. The van der Waals surface area contributed by atoms with Crippen LogP contribution in [0.2, 0.25) is 0 Å². The molecule has 0 saturated heterocycles. The summed E-state index contributed by atoms with van der Waals surface area (Å²) in [4.78, 5) is 28.0. The summed E-state index contributed by atoms with van der Waals surface area (Å²) in [6.45, 7) is 6.11. The molecular formula is C26H28F3NO3. The molecular weight excluding hydrogens is 431 g/mol. The summed E-state index contributed by atoms with van der Waals surface area (Å²) in [5, 5.41) is 11.8. The Morgan fingerprint density at radius 2 is 1.76 bits per heavy atom. The normalized spacial score (nSPS) is 26.0. The van der Waals surface area contributed by atoms with Gasteiger partial charge in [0.05, 0.1) is 23.7 Å². The first-order valence-electron chi connectivity index (χ1n) is 11.2. The second-order valence-corrected chi connectivity index (χ2v) is 10.2. The highest BCUT2D eigenvalue weighted by atomic mass is 19.4. The number of amides is 1. The molecule has 0 unspecified atom stereocenters. The lowest BCUT2D eigenvalue weighted by molar-refractivity contribution is -0.154. The van der Waals surface area contributed by atoms with Crippen molar-refractivity contribution in [3.8, 4) is 0 Å². The monoisotopic (exact) mass is 459 g/mol. The molecule has 0 bridgehead atoms. The van der Waals surface area contributed by atoms with Crippen LogP contribution in [0.5, 0.6) is 0 Å². The number of Topliss-reactive ketones (excluding diaryl/α,β-unsaturated/α-hetero) is 1. The van der Waals surface area contributed by atoms with Crippen molar-refractivity contribution in [1.29, 1.82) is 0 Å². The Morgan fingerprint density at radius 3 is 2.42 bits per heavy atom. The number of ketones is 1. The van der Waals surface area contributed by atoms with Crippen LogP contribution >= 0.6 is 0 Å². The lowest BCUT2D eigenvalue weighted by atomic mass is 9.63. The minimum atomic E-state index is -4.50. The van der Waals surface area contributed by atoms with E-state index in [1.54, 1.807) is 24.3 Å². The van der Waals surface area contributed by atoms with Crippen LogP contribution in [0.3, 0.4) is 0 Å². The number of fused-ring (bicyclic) bond motifs is 1. The van der Waals surface area contributed by atoms with Crippen molar-refractivity contribution in [3.05, 3.63) is 65.2 Å². The topological polar surface area (TPSA) is 57.6 Å². The summed E-state index contributed by atoms with van der Waals surface area (Å²) in [6, 6.07) is 11.5. The minimum absolute atomic E-state index is 0.0891. The van der Waals surface area contributed by atoms with Crippen LogP contribution in [0.1, 0.15) is 56.7 Å². The quantitative estimate of drug-likeness (QED) is 0.662. The summed E-state index contributed by atoms with van der Waals surface area (Å²) >= 11 is 0. The highest BCUT2D eigenvalue weighted by molar-refractivity contribution is 6.09. The van der Waals surface area contributed by atoms with Gasteiger partial charge in [0.25, 0.3) is 5.91 Å². The zero-order valence-electron chi connectivity index (χ0n) is 18.9. The van der Waals surface area contributed by atoms with Crippen LogP contribution in [0.15, 0.2) is 48.5 Å². The van der Waals surface area contributed by atoms with E-state index in [9.17, 15) is 27.9 Å². The number of aliphatic hydroxyl groups is 1. The second-order valence-electron chi connectivity index (χ2n) is 10.2. The predicted molar refractivity (Wildman–Crippen MR) is 118 cm³/mol. The molecule has 0 aromatic heterocycles. The molecule has 2 aromatic carbocycles. The van der Waals surface area contributed by atoms with E-state index in [4.69, 9.17) is 0 Å². The fourth-order valence-corrected chi connectivity index (χ4v) is 5.20. The SMILES string of the molecule is CC(C)(C)[C@@H]1CCC(=O)[C@@H]([C@@]2(O)C(=O)N(Cc3cccc(C(F)(F)F)c3)c3ccccc32)C1. The summed E-state index contributed by atoms with van der Waals surface area (Å²) in [6.07, 6.45) is -3.12. The number of rotatable bonds is 3. The molecule has 176 valence electrons. The Morgan fingerprint density at radius 1 is 1.06 bits per heavy atom. The van der Waals surface area contributed by atoms with Crippen molar-refractivity contribution in [2.75, 3.05) is 4.90 Å². The molecule has 1 heterocycles. The molecule has 33 heavy (non-hydrogen) atoms. The van der Waals surface area contributed by atoms with Gasteiger partial charge in [-0.2, -0.15) is 13.2 Å². The van der Waals surface area contributed by atoms with Gasteiger partial charge in [0.1, 0.15) is 5.78 Å². The highest BCUT2D eigenvalue weighted by Crippen LogP contribution is 2.51. The first kappa shape index (κ1) is 23.5. The summed E-state index contributed by atoms with van der Waals surface area (Å²) in [5.74, 6) is -1.55. The molecule has 3 atom stereocenters. The number of benzene rings is 2. The van der Waals surface area contributed by atoms with Gasteiger partial charge in [-0.3, -0.25) is 9.59 Å². The summed E-state index contributed by atoms with van der Waals surface area (Å²) < 4.78 is 39.5. The zero-order valence-corrected chi connectivity index (χ0v) is 18.9. The van der Waals surface area contributed by atoms with Gasteiger partial charge in [0.2, 0.25) is 0 Å². The maximum Gasteiger partial charge on any atom is 0.416 e. The molecule has 1 aliphatic carbocycles. The largest absolute Gasteiger partial charge is 0.416 e. The van der Waals surface area contributed by atoms with Gasteiger partial charge in [-0.05, 0) is 47.9 Å². The Kier molecular flexibility index (Phi) is 5.68. The maximum absolute atomic E-state index is 13.7. The Balaban J connectivity index is 1.72. The fourth-order valence-electron chi connectivity index (χ4n) is 5.20. The first-order valence-corrected chi connectivity index (χ1v) is 11.2. The number of nitrogens with zero attached hydrogens (tertiary/aromatic N) is 1. The Bertz CT molecular complexity index is 1090. The Labute approximate surface area is 191 Å². The van der Waals surface area contributed by atoms with Crippen molar-refractivity contribution < 1.29 is 27.9 Å². The van der Waals surface area contributed by atoms with E-state index in [-0.39, 0.29) is 30.1 Å². The van der Waals surface area contributed by atoms with E-state index in [1.807, 2.05) is 0 Å². The van der Waals surface area contributed by atoms with Crippen LogP contribution in [-0.2, 0) is 27.9 Å². The number of carbonyl (C=O) groups excluding carboxylic acids is 2. The van der Waals surface area contributed by atoms with Crippen molar-refractivity contribution in [1.82, 2.24) is 0 Å². The third-order valence-corrected chi connectivity index (χ3v) is 7.15. The molecule has 1 saturated carbocycles. The van der Waals surface area contributed by atoms with Gasteiger partial charge in [0, 0.05) is 12.0 Å². The number of hydrogen-bond donors (Lipinski definition) is 1. The van der Waals surface area contributed by atoms with Crippen LogP contribution in [-0.4, -0.2) is 16.8 Å². The predicted octanol–water partition coefficient (Wildman–Crippen LogP) is 5.47. The molecule has 0 spiro atoms. The molecule has 2 aromatic rings. The van der Waals surface area contributed by atoms with E-state index < -0.39 is 29.2 Å².